The SMILES string of the molecule is O=C1CCc2cc(NS(=O)(=O)c3cccc(-c4ccc5c(c4)CC[C@H](CNC[C@H](O)c4cccnc4)O5)c3)ccc21. The highest BCUT2D eigenvalue weighted by Crippen LogP contribution is 2.33. The number of aryl methyl sites for hydroxylation is 2. The molecule has 0 saturated heterocycles. The number of rotatable bonds is 9. The van der Waals surface area contributed by atoms with Crippen molar-refractivity contribution in [3.8, 4) is 16.9 Å². The molecule has 0 saturated carbocycles. The van der Waals surface area contributed by atoms with E-state index in [1.54, 1.807) is 54.9 Å². The second kappa shape index (κ2) is 11.4. The van der Waals surface area contributed by atoms with Gasteiger partial charge in [-0.25, -0.2) is 8.42 Å². The number of sulfonamides is 1. The summed E-state index contributed by atoms with van der Waals surface area (Å²) >= 11 is 0. The Morgan fingerprint density at radius 3 is 2.68 bits per heavy atom. The van der Waals surface area contributed by atoms with Crippen LogP contribution in [0.15, 0.2) is 90.1 Å². The van der Waals surface area contributed by atoms with Crippen molar-refractivity contribution in [2.24, 2.45) is 0 Å². The molecule has 6 rings (SSSR count). The maximum Gasteiger partial charge on any atom is 0.261 e. The Hall–Kier alpha value is -4.05. The predicted octanol–water partition coefficient (Wildman–Crippen LogP) is 4.70. The third-order valence-corrected chi connectivity index (χ3v) is 9.00. The molecule has 2 heterocycles. The smallest absolute Gasteiger partial charge is 0.261 e. The number of aliphatic hydroxyl groups excluding tert-OH is 1. The number of fused-ring (bicyclic) bond motifs is 2. The van der Waals surface area contributed by atoms with Gasteiger partial charge < -0.3 is 15.2 Å². The molecule has 2 aliphatic rings. The van der Waals surface area contributed by atoms with E-state index in [9.17, 15) is 18.3 Å². The molecule has 0 fully saturated rings. The molecule has 0 spiro atoms. The summed E-state index contributed by atoms with van der Waals surface area (Å²) in [6, 6.07) is 21.6. The van der Waals surface area contributed by atoms with E-state index in [0.717, 1.165) is 46.4 Å². The molecule has 0 bridgehead atoms. The number of aliphatic hydroxyl groups is 1. The predicted molar refractivity (Wildman–Crippen MR) is 157 cm³/mol. The van der Waals surface area contributed by atoms with Crippen molar-refractivity contribution in [2.45, 2.75) is 42.8 Å². The van der Waals surface area contributed by atoms with E-state index in [0.29, 0.717) is 37.2 Å². The number of nitrogens with zero attached hydrogens (tertiary/aromatic N) is 1. The van der Waals surface area contributed by atoms with Crippen molar-refractivity contribution in [1.82, 2.24) is 10.3 Å². The fraction of sp³-hybridized carbons (Fsp3) is 0.250. The van der Waals surface area contributed by atoms with Crippen molar-refractivity contribution >= 4 is 21.5 Å². The zero-order valence-corrected chi connectivity index (χ0v) is 23.2. The highest BCUT2D eigenvalue weighted by atomic mass is 32.2. The Bertz CT molecular complexity index is 1690. The minimum absolute atomic E-state index is 0.00803. The molecule has 210 valence electrons. The van der Waals surface area contributed by atoms with E-state index in [2.05, 4.69) is 21.1 Å². The summed E-state index contributed by atoms with van der Waals surface area (Å²) in [5.41, 5.74) is 5.56. The molecule has 0 amide bonds. The molecule has 0 unspecified atom stereocenters. The molecule has 8 nitrogen and oxygen atoms in total. The average molecular weight is 570 g/mol. The van der Waals surface area contributed by atoms with Gasteiger partial charge in [0.15, 0.2) is 5.78 Å². The first-order valence-corrected chi connectivity index (χ1v) is 15.2. The highest BCUT2D eigenvalue weighted by molar-refractivity contribution is 7.92. The lowest BCUT2D eigenvalue weighted by Gasteiger charge is -2.27. The number of nitrogens with one attached hydrogen (secondary N) is 2. The van der Waals surface area contributed by atoms with Gasteiger partial charge in [-0.2, -0.15) is 0 Å². The summed E-state index contributed by atoms with van der Waals surface area (Å²) in [5.74, 6) is 0.918. The van der Waals surface area contributed by atoms with Gasteiger partial charge in [-0.05, 0) is 90.0 Å². The summed E-state index contributed by atoms with van der Waals surface area (Å²) in [6.07, 6.45) is 5.47. The second-order valence-corrected chi connectivity index (χ2v) is 12.2. The molecule has 9 heteroatoms. The van der Waals surface area contributed by atoms with Crippen LogP contribution in [0.25, 0.3) is 11.1 Å². The molecule has 1 aliphatic heterocycles. The number of ether oxygens (including phenoxy) is 1. The van der Waals surface area contributed by atoms with Gasteiger partial charge in [0.1, 0.15) is 11.9 Å². The van der Waals surface area contributed by atoms with Gasteiger partial charge in [-0.15, -0.1) is 0 Å². The maximum absolute atomic E-state index is 13.2. The van der Waals surface area contributed by atoms with Crippen LogP contribution in [-0.2, 0) is 22.9 Å². The molecule has 4 aromatic rings. The Balaban J connectivity index is 1.10. The lowest BCUT2D eigenvalue weighted by molar-refractivity contribution is 0.0994. The van der Waals surface area contributed by atoms with Crippen LogP contribution in [0.5, 0.6) is 5.75 Å². The largest absolute Gasteiger partial charge is 0.489 e. The standard InChI is InChI=1S/C32H31N3O5S/c36-30-12-7-23-16-26(9-11-29(23)30)35-41(38,39)28-5-1-3-21(17-28)22-8-13-32-24(15-22)6-10-27(40-32)19-34-20-31(37)25-4-2-14-33-18-25/h1-5,8-9,11,13-18,27,31,34-35,37H,6-7,10,12,19-20H2/t27-,31+/m1/s1. The number of carbonyl (C=O) groups excluding carboxylic acids is 1. The summed E-state index contributed by atoms with van der Waals surface area (Å²) in [4.78, 5) is 16.1. The van der Waals surface area contributed by atoms with Gasteiger partial charge in [0, 0.05) is 48.7 Å². The highest BCUT2D eigenvalue weighted by Gasteiger charge is 2.23. The van der Waals surface area contributed by atoms with E-state index < -0.39 is 16.1 Å². The van der Waals surface area contributed by atoms with Gasteiger partial charge in [-0.3, -0.25) is 14.5 Å². The van der Waals surface area contributed by atoms with Gasteiger partial charge >= 0.3 is 0 Å². The molecule has 1 aromatic heterocycles. The zero-order chi connectivity index (χ0) is 28.4. The molecule has 3 N–H and O–H groups in total. The number of Topliss-reactive ketones (excluding diaryl/α,β-unsaturated/α-hetero) is 1. The molecular weight excluding hydrogens is 538 g/mol. The molecule has 1 aliphatic carbocycles. The Kier molecular flexibility index (Phi) is 7.57. The second-order valence-electron chi connectivity index (χ2n) is 10.5. The number of hydrogen-bond acceptors (Lipinski definition) is 7. The number of ketones is 1. The van der Waals surface area contributed by atoms with Gasteiger partial charge in [0.05, 0.1) is 11.0 Å². The van der Waals surface area contributed by atoms with E-state index in [1.165, 1.54) is 0 Å². The van der Waals surface area contributed by atoms with Crippen LogP contribution in [0.4, 0.5) is 5.69 Å². The number of pyridine rings is 1. The average Bonchev–Trinajstić information content (AvgIpc) is 3.36. The molecule has 2 atom stereocenters. The van der Waals surface area contributed by atoms with Gasteiger partial charge in [-0.1, -0.05) is 24.3 Å². The normalized spacial score (nSPS) is 16.9. The fourth-order valence-corrected chi connectivity index (χ4v) is 6.51. The fourth-order valence-electron chi connectivity index (χ4n) is 5.42. The van der Waals surface area contributed by atoms with E-state index in [1.807, 2.05) is 24.3 Å². The minimum Gasteiger partial charge on any atom is -0.489 e. The molecule has 0 radical (unpaired) electrons. The van der Waals surface area contributed by atoms with Crippen molar-refractivity contribution in [3.63, 3.8) is 0 Å². The number of carbonyl (C=O) groups is 1. The lowest BCUT2D eigenvalue weighted by atomic mass is 9.97. The quantitative estimate of drug-likeness (QED) is 0.268. The van der Waals surface area contributed by atoms with Crippen molar-refractivity contribution in [3.05, 3.63) is 107 Å². The first kappa shape index (κ1) is 27.1. The van der Waals surface area contributed by atoms with Crippen LogP contribution in [0.1, 0.15) is 46.0 Å². The molecular formula is C32H31N3O5S. The maximum atomic E-state index is 13.2. The van der Waals surface area contributed by atoms with Crippen LogP contribution in [-0.4, -0.2) is 43.5 Å². The van der Waals surface area contributed by atoms with Gasteiger partial charge in [0.25, 0.3) is 10.0 Å². The van der Waals surface area contributed by atoms with Crippen LogP contribution >= 0.6 is 0 Å². The Labute approximate surface area is 239 Å². The van der Waals surface area contributed by atoms with E-state index >= 15 is 0 Å². The molecule has 3 aromatic carbocycles. The number of aromatic nitrogens is 1. The third-order valence-electron chi connectivity index (χ3n) is 7.63. The zero-order valence-electron chi connectivity index (χ0n) is 22.4. The first-order valence-electron chi connectivity index (χ1n) is 13.7. The topological polar surface area (TPSA) is 118 Å². The van der Waals surface area contributed by atoms with Crippen molar-refractivity contribution in [1.29, 1.82) is 0 Å². The van der Waals surface area contributed by atoms with Gasteiger partial charge in [0.2, 0.25) is 0 Å². The lowest BCUT2D eigenvalue weighted by Crippen LogP contribution is -2.36. The van der Waals surface area contributed by atoms with Crippen LogP contribution in [0.3, 0.4) is 0 Å². The molecule has 41 heavy (non-hydrogen) atoms. The summed E-state index contributed by atoms with van der Waals surface area (Å²) in [5, 5.41) is 13.6. The Morgan fingerprint density at radius 2 is 1.83 bits per heavy atom. The van der Waals surface area contributed by atoms with Crippen LogP contribution < -0.4 is 14.8 Å². The number of benzene rings is 3. The summed E-state index contributed by atoms with van der Waals surface area (Å²) < 4.78 is 35.3. The van der Waals surface area contributed by atoms with Crippen molar-refractivity contribution < 1.29 is 23.1 Å². The summed E-state index contributed by atoms with van der Waals surface area (Å²) in [6.45, 7) is 1.03. The monoisotopic (exact) mass is 569 g/mol. The first-order chi connectivity index (χ1) is 19.9. The number of hydrogen-bond donors (Lipinski definition) is 3. The van der Waals surface area contributed by atoms with E-state index in [-0.39, 0.29) is 16.8 Å². The Morgan fingerprint density at radius 1 is 0.951 bits per heavy atom. The van der Waals surface area contributed by atoms with Crippen LogP contribution in [0, 0.1) is 0 Å². The van der Waals surface area contributed by atoms with E-state index in [4.69, 9.17) is 4.74 Å². The van der Waals surface area contributed by atoms with Crippen LogP contribution in [0.2, 0.25) is 0 Å². The third kappa shape index (κ3) is 6.02. The summed E-state index contributed by atoms with van der Waals surface area (Å²) in [7, 11) is -3.82. The number of anilines is 1. The minimum atomic E-state index is -3.82. The van der Waals surface area contributed by atoms with Crippen molar-refractivity contribution in [2.75, 3.05) is 17.8 Å².